The third-order valence-corrected chi connectivity index (χ3v) is 3.91. The number of nitrogens with one attached hydrogen (secondary N) is 1. The Morgan fingerprint density at radius 3 is 2.70 bits per heavy atom. The second kappa shape index (κ2) is 8.35. The summed E-state index contributed by atoms with van der Waals surface area (Å²) in [6.07, 6.45) is 1.26. The van der Waals surface area contributed by atoms with Crippen LogP contribution >= 0.6 is 0 Å². The Balaban J connectivity index is 1.57. The summed E-state index contributed by atoms with van der Waals surface area (Å²) in [6.45, 7) is 1.86. The molecule has 0 unspecified atom stereocenters. The summed E-state index contributed by atoms with van der Waals surface area (Å²) in [4.78, 5) is 16.4. The van der Waals surface area contributed by atoms with E-state index in [-0.39, 0.29) is 30.1 Å². The van der Waals surface area contributed by atoms with Crippen LogP contribution in [0.2, 0.25) is 0 Å². The lowest BCUT2D eigenvalue weighted by molar-refractivity contribution is 0.0934. The molecule has 2 aromatic carbocycles. The standard InChI is InChI=1S/C20H19FN2O4/c1-13(14-6-8-16(25-2)9-7-14)22-20(24)18-11-27-19(23-18)12-26-17-5-3-4-15(21)10-17/h3-11,13H,12H2,1-2H3,(H,22,24)/t13-/m1/s1. The molecule has 1 atom stereocenters. The molecule has 7 heteroatoms. The van der Waals surface area contributed by atoms with Crippen LogP contribution in [0.4, 0.5) is 4.39 Å². The Morgan fingerprint density at radius 1 is 1.22 bits per heavy atom. The van der Waals surface area contributed by atoms with Crippen LogP contribution in [0.1, 0.15) is 34.9 Å². The molecular formula is C20H19FN2O4. The van der Waals surface area contributed by atoms with E-state index in [2.05, 4.69) is 10.3 Å². The third-order valence-electron chi connectivity index (χ3n) is 3.91. The molecule has 3 rings (SSSR count). The molecule has 140 valence electrons. The molecule has 0 fully saturated rings. The Morgan fingerprint density at radius 2 is 2.00 bits per heavy atom. The van der Waals surface area contributed by atoms with Crippen molar-refractivity contribution in [2.24, 2.45) is 0 Å². The van der Waals surface area contributed by atoms with Crippen molar-refractivity contribution in [1.29, 1.82) is 0 Å². The summed E-state index contributed by atoms with van der Waals surface area (Å²) >= 11 is 0. The quantitative estimate of drug-likeness (QED) is 0.683. The number of nitrogens with zero attached hydrogens (tertiary/aromatic N) is 1. The van der Waals surface area contributed by atoms with Crippen LogP contribution < -0.4 is 14.8 Å². The van der Waals surface area contributed by atoms with Gasteiger partial charge in [-0.2, -0.15) is 0 Å². The largest absolute Gasteiger partial charge is 0.497 e. The highest BCUT2D eigenvalue weighted by molar-refractivity contribution is 5.92. The van der Waals surface area contributed by atoms with E-state index in [0.29, 0.717) is 5.75 Å². The fraction of sp³-hybridized carbons (Fsp3) is 0.200. The Bertz CT molecular complexity index is 908. The van der Waals surface area contributed by atoms with Crippen LogP contribution in [0.15, 0.2) is 59.2 Å². The van der Waals surface area contributed by atoms with Gasteiger partial charge in [0.05, 0.1) is 13.2 Å². The Kier molecular flexibility index (Phi) is 5.71. The summed E-state index contributed by atoms with van der Waals surface area (Å²) < 4.78 is 28.9. The van der Waals surface area contributed by atoms with Crippen LogP contribution in [0, 0.1) is 5.82 Å². The maximum Gasteiger partial charge on any atom is 0.273 e. The number of halogens is 1. The predicted octanol–water partition coefficient (Wildman–Crippen LogP) is 3.89. The van der Waals surface area contributed by atoms with Crippen LogP contribution in [-0.4, -0.2) is 18.0 Å². The number of hydrogen-bond acceptors (Lipinski definition) is 5. The van der Waals surface area contributed by atoms with Gasteiger partial charge in [0, 0.05) is 6.07 Å². The molecule has 1 N–H and O–H groups in total. The molecule has 0 spiro atoms. The smallest absolute Gasteiger partial charge is 0.273 e. The van der Waals surface area contributed by atoms with Gasteiger partial charge >= 0.3 is 0 Å². The van der Waals surface area contributed by atoms with Crippen molar-refractivity contribution in [1.82, 2.24) is 10.3 Å². The number of oxazole rings is 1. The van der Waals surface area contributed by atoms with Crippen molar-refractivity contribution in [3.8, 4) is 11.5 Å². The Labute approximate surface area is 155 Å². The van der Waals surface area contributed by atoms with Crippen LogP contribution in [0.5, 0.6) is 11.5 Å². The molecule has 6 nitrogen and oxygen atoms in total. The fourth-order valence-electron chi connectivity index (χ4n) is 2.43. The predicted molar refractivity (Wildman–Crippen MR) is 96.1 cm³/mol. The van der Waals surface area contributed by atoms with Gasteiger partial charge in [-0.05, 0) is 36.8 Å². The van der Waals surface area contributed by atoms with E-state index >= 15 is 0 Å². The first kappa shape index (κ1) is 18.4. The summed E-state index contributed by atoms with van der Waals surface area (Å²) in [6, 6.07) is 12.9. The average Bonchev–Trinajstić information content (AvgIpc) is 3.16. The zero-order valence-corrected chi connectivity index (χ0v) is 14.9. The van der Waals surface area contributed by atoms with Crippen molar-refractivity contribution >= 4 is 5.91 Å². The zero-order valence-electron chi connectivity index (χ0n) is 14.9. The van der Waals surface area contributed by atoms with Crippen molar-refractivity contribution in [3.05, 3.63) is 77.8 Å². The summed E-state index contributed by atoms with van der Waals surface area (Å²) in [7, 11) is 1.60. The van der Waals surface area contributed by atoms with Crippen molar-refractivity contribution in [3.63, 3.8) is 0 Å². The highest BCUT2D eigenvalue weighted by Gasteiger charge is 2.16. The van der Waals surface area contributed by atoms with E-state index in [4.69, 9.17) is 13.9 Å². The molecule has 1 amide bonds. The topological polar surface area (TPSA) is 73.6 Å². The van der Waals surface area contributed by atoms with Gasteiger partial charge < -0.3 is 19.2 Å². The van der Waals surface area contributed by atoms with Gasteiger partial charge in [0.25, 0.3) is 5.91 Å². The molecule has 1 aromatic heterocycles. The molecule has 1 heterocycles. The Hall–Kier alpha value is -3.35. The van der Waals surface area contributed by atoms with Gasteiger partial charge in [0.15, 0.2) is 12.3 Å². The maximum atomic E-state index is 13.1. The van der Waals surface area contributed by atoms with Crippen molar-refractivity contribution < 1.29 is 23.1 Å². The minimum Gasteiger partial charge on any atom is -0.497 e. The van der Waals surface area contributed by atoms with Gasteiger partial charge in [0.1, 0.15) is 23.6 Å². The lowest BCUT2D eigenvalue weighted by Crippen LogP contribution is -2.26. The van der Waals surface area contributed by atoms with Gasteiger partial charge in [-0.3, -0.25) is 4.79 Å². The lowest BCUT2D eigenvalue weighted by Gasteiger charge is -2.13. The lowest BCUT2D eigenvalue weighted by atomic mass is 10.1. The fourth-order valence-corrected chi connectivity index (χ4v) is 2.43. The minimum atomic E-state index is -0.396. The molecule has 0 saturated heterocycles. The van der Waals surface area contributed by atoms with E-state index in [1.165, 1.54) is 18.4 Å². The van der Waals surface area contributed by atoms with E-state index in [0.717, 1.165) is 11.3 Å². The number of carbonyl (C=O) groups is 1. The van der Waals surface area contributed by atoms with E-state index in [1.807, 2.05) is 31.2 Å². The molecular weight excluding hydrogens is 351 g/mol. The third kappa shape index (κ3) is 4.84. The minimum absolute atomic E-state index is 0.00916. The van der Waals surface area contributed by atoms with Crippen molar-refractivity contribution in [2.75, 3.05) is 7.11 Å². The number of ether oxygens (including phenoxy) is 2. The SMILES string of the molecule is COc1ccc([C@@H](C)NC(=O)c2coc(COc3cccc(F)c3)n2)cc1. The first-order valence-electron chi connectivity index (χ1n) is 8.32. The van der Waals surface area contributed by atoms with Gasteiger partial charge in [-0.25, -0.2) is 9.37 Å². The molecule has 0 bridgehead atoms. The molecule has 0 aliphatic heterocycles. The number of carbonyl (C=O) groups excluding carboxylic acids is 1. The van der Waals surface area contributed by atoms with Crippen molar-refractivity contribution in [2.45, 2.75) is 19.6 Å². The average molecular weight is 370 g/mol. The molecule has 3 aromatic rings. The number of hydrogen-bond donors (Lipinski definition) is 1. The second-order valence-corrected chi connectivity index (χ2v) is 5.84. The van der Waals surface area contributed by atoms with Crippen LogP contribution in [0.25, 0.3) is 0 Å². The van der Waals surface area contributed by atoms with E-state index < -0.39 is 5.82 Å². The summed E-state index contributed by atoms with van der Waals surface area (Å²) in [5, 5.41) is 2.85. The highest BCUT2D eigenvalue weighted by Crippen LogP contribution is 2.18. The van der Waals surface area contributed by atoms with Crippen LogP contribution in [0.3, 0.4) is 0 Å². The summed E-state index contributed by atoms with van der Waals surface area (Å²) in [5.74, 6) is 0.567. The van der Waals surface area contributed by atoms with Gasteiger partial charge in [0.2, 0.25) is 5.89 Å². The monoisotopic (exact) mass is 370 g/mol. The number of aromatic nitrogens is 1. The molecule has 0 radical (unpaired) electrons. The normalized spacial score (nSPS) is 11.7. The maximum absolute atomic E-state index is 13.1. The zero-order chi connectivity index (χ0) is 19.2. The second-order valence-electron chi connectivity index (χ2n) is 5.84. The van der Waals surface area contributed by atoms with E-state index in [1.54, 1.807) is 19.2 Å². The highest BCUT2D eigenvalue weighted by atomic mass is 19.1. The summed E-state index contributed by atoms with van der Waals surface area (Å²) in [5.41, 5.74) is 1.08. The molecule has 0 aliphatic rings. The molecule has 27 heavy (non-hydrogen) atoms. The number of amides is 1. The van der Waals surface area contributed by atoms with E-state index in [9.17, 15) is 9.18 Å². The van der Waals surface area contributed by atoms with Gasteiger partial charge in [-0.1, -0.05) is 18.2 Å². The molecule has 0 aliphatic carbocycles. The molecule has 0 saturated carbocycles. The number of methoxy groups -OCH3 is 1. The number of benzene rings is 2. The first-order chi connectivity index (χ1) is 13.0. The van der Waals surface area contributed by atoms with Gasteiger partial charge in [-0.15, -0.1) is 0 Å². The first-order valence-corrected chi connectivity index (χ1v) is 8.32. The van der Waals surface area contributed by atoms with Crippen LogP contribution in [-0.2, 0) is 6.61 Å². The number of rotatable bonds is 7.